The third-order valence-electron chi connectivity index (χ3n) is 9.46. The summed E-state index contributed by atoms with van der Waals surface area (Å²) >= 11 is 1.08. The molecule has 1 aliphatic carbocycles. The number of methoxy groups -OCH3 is 1. The number of hydrogen-bond acceptors (Lipinski definition) is 10. The first kappa shape index (κ1) is 40.1. The summed E-state index contributed by atoms with van der Waals surface area (Å²) in [7, 11) is 2.65. The zero-order valence-corrected chi connectivity index (χ0v) is 31.8. The first-order chi connectivity index (χ1) is 24.3. The van der Waals surface area contributed by atoms with Crippen LogP contribution in [0.25, 0.3) is 0 Å². The predicted octanol–water partition coefficient (Wildman–Crippen LogP) is 4.47. The van der Waals surface area contributed by atoms with E-state index in [9.17, 15) is 34.1 Å². The molecule has 0 fully saturated rings. The standard InChI is InChI=1S/C37H49N5O9S/c1-22(40(7)35(47)51-36(2,3)4)32(44)39-31(37(5,6)52-21-30(43)50-8)34(46)41-20-25-18-26(42(48)49)17-16-24(25)19-29(41)33(45)38-28-15-11-13-23-12-9-10-14-27(23)28/h9-10,12,14,16-18,22,28-29,31H,11,13,15,19-21H2,1-8H3,(H,38,45)(H,39,44)/t22-,28+,29-,31?/m0/s1. The molecule has 0 radical (unpaired) electrons. The van der Waals surface area contributed by atoms with Crippen LogP contribution in [-0.2, 0) is 48.0 Å². The van der Waals surface area contributed by atoms with E-state index in [-0.39, 0.29) is 30.4 Å². The number of benzene rings is 2. The Bertz CT molecular complexity index is 1710. The molecule has 2 aliphatic rings. The summed E-state index contributed by atoms with van der Waals surface area (Å²) in [6.45, 7) is 9.81. The van der Waals surface area contributed by atoms with Gasteiger partial charge in [0.05, 0.1) is 23.8 Å². The number of non-ortho nitro benzene ring substituents is 1. The molecule has 4 atom stereocenters. The van der Waals surface area contributed by atoms with Crippen LogP contribution in [0.3, 0.4) is 0 Å². The number of nitrogens with zero attached hydrogens (tertiary/aromatic N) is 3. The van der Waals surface area contributed by atoms with Crippen LogP contribution >= 0.6 is 11.8 Å². The summed E-state index contributed by atoms with van der Waals surface area (Å²) < 4.78 is 9.10. The molecule has 0 saturated heterocycles. The molecule has 282 valence electrons. The Hall–Kier alpha value is -4.66. The summed E-state index contributed by atoms with van der Waals surface area (Å²) in [6.07, 6.45) is 1.81. The topological polar surface area (TPSA) is 177 Å². The number of nitro benzene ring substituents is 1. The number of likely N-dealkylation sites (N-methyl/N-ethyl adjacent to an activating group) is 1. The van der Waals surface area contributed by atoms with Gasteiger partial charge in [-0.15, -0.1) is 11.8 Å². The van der Waals surface area contributed by atoms with Gasteiger partial charge in [0.25, 0.3) is 5.69 Å². The van der Waals surface area contributed by atoms with Crippen molar-refractivity contribution in [3.05, 3.63) is 74.8 Å². The molecule has 1 aliphatic heterocycles. The van der Waals surface area contributed by atoms with Crippen LogP contribution in [0.4, 0.5) is 10.5 Å². The molecule has 4 rings (SSSR count). The summed E-state index contributed by atoms with van der Waals surface area (Å²) in [5.74, 6) is -2.40. The van der Waals surface area contributed by atoms with Crippen molar-refractivity contribution >= 4 is 47.2 Å². The van der Waals surface area contributed by atoms with Crippen LogP contribution in [0.15, 0.2) is 42.5 Å². The van der Waals surface area contributed by atoms with Gasteiger partial charge in [-0.1, -0.05) is 30.3 Å². The summed E-state index contributed by atoms with van der Waals surface area (Å²) in [4.78, 5) is 81.7. The molecule has 2 aromatic rings. The third kappa shape index (κ3) is 9.60. The van der Waals surface area contributed by atoms with Crippen LogP contribution in [0, 0.1) is 10.1 Å². The lowest BCUT2D eigenvalue weighted by atomic mass is 9.87. The summed E-state index contributed by atoms with van der Waals surface area (Å²) in [5, 5.41) is 17.7. The number of rotatable bonds is 11. The van der Waals surface area contributed by atoms with Crippen molar-refractivity contribution in [3.63, 3.8) is 0 Å². The van der Waals surface area contributed by atoms with Crippen molar-refractivity contribution < 1.29 is 38.4 Å². The second kappa shape index (κ2) is 16.3. The van der Waals surface area contributed by atoms with Crippen LogP contribution < -0.4 is 10.6 Å². The fourth-order valence-electron chi connectivity index (χ4n) is 6.34. The van der Waals surface area contributed by atoms with E-state index in [1.54, 1.807) is 40.7 Å². The number of ether oxygens (including phenoxy) is 2. The van der Waals surface area contributed by atoms with E-state index >= 15 is 0 Å². The van der Waals surface area contributed by atoms with Crippen molar-refractivity contribution in [3.8, 4) is 0 Å². The lowest BCUT2D eigenvalue weighted by Gasteiger charge is -2.42. The number of hydrogen-bond donors (Lipinski definition) is 2. The first-order valence-electron chi connectivity index (χ1n) is 17.2. The Morgan fingerprint density at radius 1 is 1.06 bits per heavy atom. The number of aryl methyl sites for hydroxylation is 1. The maximum atomic E-state index is 14.9. The van der Waals surface area contributed by atoms with Crippen molar-refractivity contribution in [2.75, 3.05) is 19.9 Å². The first-order valence-corrected chi connectivity index (χ1v) is 18.2. The number of fused-ring (bicyclic) bond motifs is 2. The van der Waals surface area contributed by atoms with E-state index in [1.165, 1.54) is 38.1 Å². The molecule has 0 bridgehead atoms. The van der Waals surface area contributed by atoms with Gasteiger partial charge in [-0.05, 0) is 83.1 Å². The number of carbonyl (C=O) groups excluding carboxylic acids is 5. The highest BCUT2D eigenvalue weighted by Crippen LogP contribution is 2.35. The quantitative estimate of drug-likeness (QED) is 0.190. The maximum absolute atomic E-state index is 14.9. The van der Waals surface area contributed by atoms with Crippen LogP contribution in [0.5, 0.6) is 0 Å². The second-order valence-corrected chi connectivity index (χ2v) is 16.4. The molecule has 52 heavy (non-hydrogen) atoms. The monoisotopic (exact) mass is 739 g/mol. The highest BCUT2D eigenvalue weighted by Gasteiger charge is 2.45. The fourth-order valence-corrected chi connectivity index (χ4v) is 7.27. The number of thioether (sulfide) groups is 1. The average molecular weight is 740 g/mol. The van der Waals surface area contributed by atoms with E-state index in [0.717, 1.165) is 40.6 Å². The minimum Gasteiger partial charge on any atom is -0.468 e. The highest BCUT2D eigenvalue weighted by molar-refractivity contribution is 8.01. The van der Waals surface area contributed by atoms with Crippen molar-refractivity contribution in [1.29, 1.82) is 0 Å². The normalized spacial score (nSPS) is 18.1. The predicted molar refractivity (Wildman–Crippen MR) is 195 cm³/mol. The van der Waals surface area contributed by atoms with Gasteiger partial charge < -0.3 is 25.0 Å². The van der Waals surface area contributed by atoms with Gasteiger partial charge in [0.2, 0.25) is 17.7 Å². The fraction of sp³-hybridized carbons (Fsp3) is 0.541. The van der Waals surface area contributed by atoms with Gasteiger partial charge in [0.15, 0.2) is 0 Å². The molecule has 4 amide bonds. The lowest BCUT2D eigenvalue weighted by Crippen LogP contribution is -2.64. The lowest BCUT2D eigenvalue weighted by molar-refractivity contribution is -0.385. The minimum absolute atomic E-state index is 0.0768. The highest BCUT2D eigenvalue weighted by atomic mass is 32.2. The minimum atomic E-state index is -1.32. The summed E-state index contributed by atoms with van der Waals surface area (Å²) in [6, 6.07) is 8.57. The number of amides is 4. The number of carbonyl (C=O) groups is 5. The molecule has 14 nitrogen and oxygen atoms in total. The third-order valence-corrected chi connectivity index (χ3v) is 10.8. The van der Waals surface area contributed by atoms with Crippen molar-refractivity contribution in [2.45, 2.75) is 108 Å². The zero-order valence-electron chi connectivity index (χ0n) is 31.0. The molecular formula is C37H49N5O9S. The van der Waals surface area contributed by atoms with Crippen LogP contribution in [0.1, 0.15) is 82.7 Å². The van der Waals surface area contributed by atoms with Gasteiger partial charge in [-0.2, -0.15) is 0 Å². The van der Waals surface area contributed by atoms with E-state index < -0.39 is 63.2 Å². The van der Waals surface area contributed by atoms with Gasteiger partial charge in [-0.25, -0.2) is 4.79 Å². The molecule has 2 aromatic carbocycles. The molecule has 0 spiro atoms. The Morgan fingerprint density at radius 3 is 2.40 bits per heavy atom. The number of nitrogens with one attached hydrogen (secondary N) is 2. The van der Waals surface area contributed by atoms with Gasteiger partial charge in [-0.3, -0.25) is 34.2 Å². The van der Waals surface area contributed by atoms with Crippen molar-refractivity contribution in [2.24, 2.45) is 0 Å². The maximum Gasteiger partial charge on any atom is 0.410 e. The van der Waals surface area contributed by atoms with Gasteiger partial charge >= 0.3 is 12.1 Å². The van der Waals surface area contributed by atoms with Crippen LogP contribution in [-0.4, -0.2) is 92.9 Å². The number of nitro groups is 1. The zero-order chi connectivity index (χ0) is 38.5. The Balaban J connectivity index is 1.71. The van der Waals surface area contributed by atoms with Crippen molar-refractivity contribution in [1.82, 2.24) is 20.4 Å². The Kier molecular flexibility index (Phi) is 12.6. The SMILES string of the molecule is COC(=O)CSC(C)(C)C(NC(=O)[C@H](C)N(C)C(=O)OC(C)(C)C)C(=O)N1Cc2cc([N+](=O)[O-])ccc2C[C@H]1C(=O)N[C@@H]1CCCc2ccccc21. The van der Waals surface area contributed by atoms with E-state index in [4.69, 9.17) is 9.47 Å². The second-order valence-electron chi connectivity index (χ2n) is 14.7. The molecular weight excluding hydrogens is 690 g/mol. The molecule has 15 heteroatoms. The largest absolute Gasteiger partial charge is 0.468 e. The molecule has 0 saturated carbocycles. The molecule has 1 heterocycles. The van der Waals surface area contributed by atoms with Crippen LogP contribution in [0.2, 0.25) is 0 Å². The molecule has 2 N–H and O–H groups in total. The Labute approximate surface area is 308 Å². The average Bonchev–Trinajstić information content (AvgIpc) is 3.10. The molecule has 1 unspecified atom stereocenters. The van der Waals surface area contributed by atoms with Gasteiger partial charge in [0, 0.05) is 36.9 Å². The van der Waals surface area contributed by atoms with E-state index in [2.05, 4.69) is 10.6 Å². The summed E-state index contributed by atoms with van der Waals surface area (Å²) in [5.41, 5.74) is 2.36. The Morgan fingerprint density at radius 2 is 1.75 bits per heavy atom. The molecule has 0 aromatic heterocycles. The smallest absolute Gasteiger partial charge is 0.410 e. The number of esters is 1. The van der Waals surface area contributed by atoms with Gasteiger partial charge in [0.1, 0.15) is 23.7 Å². The van der Waals surface area contributed by atoms with E-state index in [1.807, 2.05) is 24.3 Å². The van der Waals surface area contributed by atoms with E-state index in [0.29, 0.717) is 17.5 Å².